The fraction of sp³-hybridized carbons (Fsp3) is 0.600. The minimum absolute atomic E-state index is 0.346. The summed E-state index contributed by atoms with van der Waals surface area (Å²) in [4.78, 5) is 24.3. The summed E-state index contributed by atoms with van der Waals surface area (Å²) in [6.07, 6.45) is 4.71. The third kappa shape index (κ3) is 2.87. The van der Waals surface area contributed by atoms with Crippen LogP contribution in [0.2, 0.25) is 0 Å². The molecule has 0 spiro atoms. The topological polar surface area (TPSA) is 49.4 Å². The number of hydrogen-bond acceptors (Lipinski definition) is 2. The Kier molecular flexibility index (Phi) is 4.16. The van der Waals surface area contributed by atoms with Gasteiger partial charge < -0.3 is 10.2 Å². The van der Waals surface area contributed by atoms with Gasteiger partial charge in [0.25, 0.3) is 0 Å². The van der Waals surface area contributed by atoms with Gasteiger partial charge in [-0.25, -0.2) is 0 Å². The first-order valence-electron chi connectivity index (χ1n) is 4.93. The summed E-state index contributed by atoms with van der Waals surface area (Å²) >= 11 is 0. The van der Waals surface area contributed by atoms with E-state index in [0.29, 0.717) is 19.6 Å². The zero-order valence-corrected chi connectivity index (χ0v) is 8.29. The molecule has 0 atom stereocenters. The summed E-state index contributed by atoms with van der Waals surface area (Å²) in [5.41, 5.74) is 0. The van der Waals surface area contributed by atoms with E-state index in [9.17, 15) is 9.59 Å². The van der Waals surface area contributed by atoms with Crippen LogP contribution in [-0.2, 0) is 9.59 Å². The Morgan fingerprint density at radius 2 is 1.93 bits per heavy atom. The number of carbonyl (C=O) groups excluding carboxylic acids is 2. The van der Waals surface area contributed by atoms with E-state index in [1.54, 1.807) is 11.0 Å². The molecule has 1 rings (SSSR count). The second-order valence-corrected chi connectivity index (χ2v) is 3.35. The predicted octanol–water partition coefficient (Wildman–Crippen LogP) is 0.301. The van der Waals surface area contributed by atoms with E-state index in [1.807, 2.05) is 0 Å². The lowest BCUT2D eigenvalue weighted by molar-refractivity contribution is -0.146. The molecule has 0 bridgehead atoms. The highest BCUT2D eigenvalue weighted by Gasteiger charge is 2.22. The van der Waals surface area contributed by atoms with Crippen LogP contribution < -0.4 is 5.32 Å². The predicted molar refractivity (Wildman–Crippen MR) is 53.6 cm³/mol. The number of carbonyl (C=O) groups is 2. The van der Waals surface area contributed by atoms with Crippen molar-refractivity contribution in [3.8, 4) is 0 Å². The van der Waals surface area contributed by atoms with Gasteiger partial charge in [-0.1, -0.05) is 6.08 Å². The summed E-state index contributed by atoms with van der Waals surface area (Å²) in [6, 6.07) is 0. The van der Waals surface area contributed by atoms with Crippen molar-refractivity contribution in [2.24, 2.45) is 0 Å². The molecule has 0 radical (unpaired) electrons. The van der Waals surface area contributed by atoms with Gasteiger partial charge in [0.2, 0.25) is 0 Å². The van der Waals surface area contributed by atoms with Crippen LogP contribution in [0.15, 0.2) is 12.7 Å². The molecule has 1 aliphatic heterocycles. The molecule has 0 aromatic carbocycles. The first kappa shape index (κ1) is 10.8. The molecule has 1 heterocycles. The molecule has 1 N–H and O–H groups in total. The van der Waals surface area contributed by atoms with Gasteiger partial charge in [0.1, 0.15) is 0 Å². The molecule has 4 nitrogen and oxygen atoms in total. The molecule has 2 amide bonds. The molecule has 78 valence electrons. The van der Waals surface area contributed by atoms with Gasteiger partial charge in [-0.05, 0) is 19.3 Å². The zero-order chi connectivity index (χ0) is 10.4. The Balaban J connectivity index is 2.38. The normalized spacial score (nSPS) is 16.1. The number of nitrogens with zero attached hydrogens (tertiary/aromatic N) is 1. The van der Waals surface area contributed by atoms with E-state index in [0.717, 1.165) is 19.3 Å². The highest BCUT2D eigenvalue weighted by atomic mass is 16.2. The quantitative estimate of drug-likeness (QED) is 0.510. The van der Waals surface area contributed by atoms with Crippen molar-refractivity contribution in [3.63, 3.8) is 0 Å². The Labute approximate surface area is 84.0 Å². The van der Waals surface area contributed by atoms with Crippen LogP contribution in [0.25, 0.3) is 0 Å². The minimum atomic E-state index is -0.521. The summed E-state index contributed by atoms with van der Waals surface area (Å²) < 4.78 is 0. The third-order valence-corrected chi connectivity index (χ3v) is 2.24. The van der Waals surface area contributed by atoms with Gasteiger partial charge in [0, 0.05) is 19.6 Å². The highest BCUT2D eigenvalue weighted by Crippen LogP contribution is 2.08. The van der Waals surface area contributed by atoms with Crippen molar-refractivity contribution < 1.29 is 9.59 Å². The van der Waals surface area contributed by atoms with Crippen molar-refractivity contribution in [1.82, 2.24) is 10.2 Å². The van der Waals surface area contributed by atoms with Gasteiger partial charge in [-0.2, -0.15) is 0 Å². The van der Waals surface area contributed by atoms with E-state index in [4.69, 9.17) is 0 Å². The van der Waals surface area contributed by atoms with Crippen LogP contribution in [0.3, 0.4) is 0 Å². The fourth-order valence-electron chi connectivity index (χ4n) is 1.48. The van der Waals surface area contributed by atoms with E-state index >= 15 is 0 Å². The van der Waals surface area contributed by atoms with Crippen molar-refractivity contribution in [3.05, 3.63) is 12.7 Å². The Morgan fingerprint density at radius 1 is 1.29 bits per heavy atom. The summed E-state index contributed by atoms with van der Waals surface area (Å²) in [5, 5.41) is 2.48. The summed E-state index contributed by atoms with van der Waals surface area (Å²) in [6.45, 7) is 5.23. The second-order valence-electron chi connectivity index (χ2n) is 3.35. The number of nitrogens with one attached hydrogen (secondary N) is 1. The van der Waals surface area contributed by atoms with E-state index in [1.165, 1.54) is 0 Å². The van der Waals surface area contributed by atoms with Crippen LogP contribution in [0.5, 0.6) is 0 Å². The van der Waals surface area contributed by atoms with Crippen molar-refractivity contribution in [2.75, 3.05) is 19.6 Å². The maximum absolute atomic E-state index is 11.5. The fourth-order valence-corrected chi connectivity index (χ4v) is 1.48. The number of piperidine rings is 1. The Bertz CT molecular complexity index is 232. The molecule has 1 fully saturated rings. The lowest BCUT2D eigenvalue weighted by atomic mass is 10.1. The largest absolute Gasteiger partial charge is 0.344 e. The Hall–Kier alpha value is -1.32. The van der Waals surface area contributed by atoms with Crippen LogP contribution in [-0.4, -0.2) is 36.3 Å². The summed E-state index contributed by atoms with van der Waals surface area (Å²) in [7, 11) is 0. The molecular weight excluding hydrogens is 180 g/mol. The third-order valence-electron chi connectivity index (χ3n) is 2.24. The van der Waals surface area contributed by atoms with E-state index in [-0.39, 0.29) is 0 Å². The average molecular weight is 196 g/mol. The monoisotopic (exact) mass is 196 g/mol. The second kappa shape index (κ2) is 5.42. The first-order valence-corrected chi connectivity index (χ1v) is 4.93. The maximum Gasteiger partial charge on any atom is 0.311 e. The van der Waals surface area contributed by atoms with Crippen LogP contribution in [0.1, 0.15) is 19.3 Å². The number of amides is 2. The Morgan fingerprint density at radius 3 is 2.50 bits per heavy atom. The molecule has 1 aliphatic rings. The zero-order valence-electron chi connectivity index (χ0n) is 8.29. The molecular formula is C10H16N2O2. The first-order chi connectivity index (χ1) is 6.75. The molecule has 14 heavy (non-hydrogen) atoms. The average Bonchev–Trinajstić information content (AvgIpc) is 2.26. The lowest BCUT2D eigenvalue weighted by Gasteiger charge is -2.25. The molecule has 0 aromatic rings. The lowest BCUT2D eigenvalue weighted by Crippen LogP contribution is -2.45. The number of rotatable bonds is 2. The van der Waals surface area contributed by atoms with Gasteiger partial charge in [0.15, 0.2) is 0 Å². The highest BCUT2D eigenvalue weighted by molar-refractivity contribution is 6.35. The maximum atomic E-state index is 11.5. The molecule has 0 aromatic heterocycles. The molecule has 0 aliphatic carbocycles. The van der Waals surface area contributed by atoms with Crippen molar-refractivity contribution in [2.45, 2.75) is 19.3 Å². The van der Waals surface area contributed by atoms with E-state index in [2.05, 4.69) is 11.9 Å². The van der Waals surface area contributed by atoms with E-state index < -0.39 is 11.8 Å². The van der Waals surface area contributed by atoms with Gasteiger partial charge in [0.05, 0.1) is 0 Å². The minimum Gasteiger partial charge on any atom is -0.344 e. The molecule has 0 unspecified atom stereocenters. The van der Waals surface area contributed by atoms with Crippen molar-refractivity contribution >= 4 is 11.8 Å². The molecule has 1 saturated heterocycles. The molecule has 0 saturated carbocycles. The van der Waals surface area contributed by atoms with Crippen LogP contribution in [0.4, 0.5) is 0 Å². The van der Waals surface area contributed by atoms with Crippen LogP contribution >= 0.6 is 0 Å². The number of hydrogen-bond donors (Lipinski definition) is 1. The SMILES string of the molecule is C=CCNC(=O)C(=O)N1CCCCC1. The smallest absolute Gasteiger partial charge is 0.311 e. The van der Waals surface area contributed by atoms with Gasteiger partial charge >= 0.3 is 11.8 Å². The summed E-state index contributed by atoms with van der Waals surface area (Å²) in [5.74, 6) is -0.932. The van der Waals surface area contributed by atoms with Crippen molar-refractivity contribution in [1.29, 1.82) is 0 Å². The van der Waals surface area contributed by atoms with Gasteiger partial charge in [-0.3, -0.25) is 9.59 Å². The van der Waals surface area contributed by atoms with Crippen LogP contribution in [0, 0.1) is 0 Å². The number of likely N-dealkylation sites (tertiary alicyclic amines) is 1. The molecule has 4 heteroatoms. The standard InChI is InChI=1S/C10H16N2O2/c1-2-6-11-9(13)10(14)12-7-4-3-5-8-12/h2H,1,3-8H2,(H,11,13). The van der Waals surface area contributed by atoms with Gasteiger partial charge in [-0.15, -0.1) is 6.58 Å².